The Balaban J connectivity index is 0.00000125. The summed E-state index contributed by atoms with van der Waals surface area (Å²) >= 11 is 1.34. The number of ketones is 1. The maximum absolute atomic E-state index is 12.8. The number of rotatable bonds is 17. The van der Waals surface area contributed by atoms with Gasteiger partial charge in [0.15, 0.2) is 0 Å². The number of aliphatic imine (C=N–C) groups is 1. The van der Waals surface area contributed by atoms with Crippen molar-refractivity contribution in [3.05, 3.63) is 101 Å². The second-order valence-corrected chi connectivity index (χ2v) is 16.1. The Kier molecular flexibility index (Phi) is 23.6. The molecule has 0 heterocycles. The maximum Gasteiger partial charge on any atom is -0.00215 e. The van der Waals surface area contributed by atoms with Gasteiger partial charge in [-0.3, -0.25) is 4.79 Å². The molecule has 0 spiro atoms. The Morgan fingerprint density at radius 3 is 1.98 bits per heavy atom. The number of carbonyl (C=O) groups is 2. The topological polar surface area (TPSA) is 86.3 Å². The summed E-state index contributed by atoms with van der Waals surface area (Å²) in [7, 11) is 3.40. The van der Waals surface area contributed by atoms with Gasteiger partial charge in [0.05, 0.1) is 12.5 Å². The predicted octanol–water partition coefficient (Wildman–Crippen LogP) is 10.3. The van der Waals surface area contributed by atoms with Gasteiger partial charge in [0.2, 0.25) is 5.91 Å². The number of carbonyl (C=O) groups excluding carboxylic acids is 2. The van der Waals surface area contributed by atoms with Crippen molar-refractivity contribution in [3.8, 4) is 0 Å². The first kappa shape index (κ1) is 50.3. The van der Waals surface area contributed by atoms with E-state index in [-0.39, 0.29) is 28.9 Å². The van der Waals surface area contributed by atoms with Crippen LogP contribution in [0.5, 0.6) is 0 Å². The summed E-state index contributed by atoms with van der Waals surface area (Å²) in [5.74, 6) is -0.217. The minimum absolute atomic E-state index is 0.0243. The number of hydrogen-bond acceptors (Lipinski definition) is 6. The van der Waals surface area contributed by atoms with Gasteiger partial charge in [-0.2, -0.15) is 0 Å². The van der Waals surface area contributed by atoms with Gasteiger partial charge in [0, 0.05) is 20.7 Å². The van der Waals surface area contributed by atoms with E-state index in [4.69, 9.17) is 9.73 Å². The average molecular weight is 938 g/mol. The summed E-state index contributed by atoms with van der Waals surface area (Å²) in [6.45, 7) is 29.5. The largest absolute Gasteiger partial charge is 0.304 e. The normalized spacial score (nSPS) is 12.1. The Hall–Kier alpha value is -3.71. The van der Waals surface area contributed by atoms with Crippen LogP contribution in [-0.4, -0.2) is 78.3 Å². The number of amidine groups is 1. The molecule has 9 heteroatoms. The van der Waals surface area contributed by atoms with Crippen LogP contribution in [0.2, 0.25) is 0 Å². The molecular formula is C47H71N5O3W. The summed E-state index contributed by atoms with van der Waals surface area (Å²) in [6.07, 6.45) is 4.49. The second kappa shape index (κ2) is 26.3. The van der Waals surface area contributed by atoms with Crippen LogP contribution in [0.4, 0.5) is 11.4 Å². The Bertz CT molecular complexity index is 1700. The smallest absolute Gasteiger partial charge is 0.00215 e. The molecule has 308 valence electrons. The molecule has 56 heavy (non-hydrogen) atoms. The van der Waals surface area contributed by atoms with Gasteiger partial charge in [-0.15, -0.1) is 0 Å². The molecule has 3 aromatic carbocycles. The Morgan fingerprint density at radius 1 is 0.911 bits per heavy atom. The van der Waals surface area contributed by atoms with E-state index in [1.807, 2.05) is 70.2 Å². The average Bonchev–Trinajstić information content (AvgIpc) is 3.19. The molecule has 1 atom stereocenters. The Morgan fingerprint density at radius 2 is 1.50 bits per heavy atom. The van der Waals surface area contributed by atoms with Crippen LogP contribution in [0.25, 0.3) is 5.70 Å². The zero-order chi connectivity index (χ0) is 42.4. The summed E-state index contributed by atoms with van der Waals surface area (Å²) in [5, 5.41) is 6.81. The number of amides is 1. The third kappa shape index (κ3) is 16.4. The first-order chi connectivity index (χ1) is 26.6. The summed E-state index contributed by atoms with van der Waals surface area (Å²) < 4.78 is 6.22. The number of benzene rings is 3. The van der Waals surface area contributed by atoms with Crippen LogP contribution < -0.4 is 10.6 Å². The molecule has 3 aromatic rings. The van der Waals surface area contributed by atoms with E-state index in [1.54, 1.807) is 19.1 Å². The molecular weight excluding hydrogens is 866 g/mol. The van der Waals surface area contributed by atoms with Crippen LogP contribution in [-0.2, 0) is 39.1 Å². The number of likely N-dealkylation sites (N-methyl/N-ethyl adjacent to an activating group) is 1. The molecule has 0 bridgehead atoms. The number of Topliss-reactive ketones (excluding diaryl/α,β-unsaturated/α-hetero) is 1. The fourth-order valence-electron chi connectivity index (χ4n) is 5.82. The molecule has 0 aliphatic carbocycles. The van der Waals surface area contributed by atoms with Crippen molar-refractivity contribution in [2.24, 2.45) is 4.99 Å². The molecule has 0 saturated carbocycles. The van der Waals surface area contributed by atoms with E-state index in [0.717, 1.165) is 32.0 Å². The van der Waals surface area contributed by atoms with E-state index in [9.17, 15) is 9.59 Å². The van der Waals surface area contributed by atoms with Crippen LogP contribution in [0, 0.1) is 6.92 Å². The zero-order valence-electron chi connectivity index (χ0n) is 36.9. The van der Waals surface area contributed by atoms with Gasteiger partial charge in [-0.05, 0) is 45.0 Å². The molecule has 8 nitrogen and oxygen atoms in total. The van der Waals surface area contributed by atoms with Crippen molar-refractivity contribution < 1.29 is 33.7 Å². The number of anilines is 2. The first-order valence-electron chi connectivity index (χ1n) is 20.2. The molecule has 0 fully saturated rings. The Labute approximate surface area is 351 Å². The van der Waals surface area contributed by atoms with Crippen LogP contribution in [0.1, 0.15) is 123 Å². The monoisotopic (exact) mass is 938 g/mol. The van der Waals surface area contributed by atoms with Crippen LogP contribution >= 0.6 is 0 Å². The number of nitrogens with zero attached hydrogens (tertiary/aromatic N) is 3. The molecule has 3 rings (SSSR count). The van der Waals surface area contributed by atoms with Gasteiger partial charge in [0.1, 0.15) is 0 Å². The van der Waals surface area contributed by atoms with Crippen molar-refractivity contribution in [1.82, 2.24) is 9.80 Å². The summed E-state index contributed by atoms with van der Waals surface area (Å²) in [6, 6.07) is 22.4. The number of hydrogen-bond donors (Lipinski definition) is 2. The van der Waals surface area contributed by atoms with Crippen molar-refractivity contribution in [1.29, 1.82) is 0 Å². The van der Waals surface area contributed by atoms with Crippen molar-refractivity contribution in [2.45, 2.75) is 107 Å². The van der Waals surface area contributed by atoms with Crippen LogP contribution in [0.15, 0.2) is 77.8 Å². The first-order valence-corrected chi connectivity index (χ1v) is 21.7. The van der Waals surface area contributed by atoms with Crippen molar-refractivity contribution in [2.75, 3.05) is 57.6 Å². The van der Waals surface area contributed by atoms with E-state index >= 15 is 0 Å². The van der Waals surface area contributed by atoms with Gasteiger partial charge >= 0.3 is 215 Å². The minimum atomic E-state index is -0.300. The molecule has 0 aliphatic rings. The fourth-order valence-corrected chi connectivity index (χ4v) is 6.71. The quantitative estimate of drug-likeness (QED) is 0.104. The SMILES string of the molecule is C/C=C(\N=C(Nc1ccc(C(C)C(=O)N(C)CCOC)cc1)C(C)=O)c1cccc(N[C](=[W])c2ccc(C(C)(C)C)cc2)c1C.CC.CCCN(CC)CCC. The van der Waals surface area contributed by atoms with Crippen LogP contribution in [0.3, 0.4) is 0 Å². The maximum atomic E-state index is 12.8. The molecule has 1 amide bonds. The number of nitrogens with one attached hydrogen (secondary N) is 2. The minimum Gasteiger partial charge on any atom is -0.304 e. The zero-order valence-corrected chi connectivity index (χ0v) is 39.9. The van der Waals surface area contributed by atoms with Crippen molar-refractivity contribution >= 4 is 38.6 Å². The van der Waals surface area contributed by atoms with Crippen molar-refractivity contribution in [3.63, 3.8) is 0 Å². The third-order valence-corrected chi connectivity index (χ3v) is 10.5. The third-order valence-electron chi connectivity index (χ3n) is 9.29. The standard InChI is InChI=1S/C37H46N4O3.C8H19N.C2H6.W/c1-10-33(32-12-11-13-34(26(32)3)38-24-28-14-18-30(19-15-28)37(5,6)7)40-35(27(4)42)39-31-20-16-29(17-21-31)25(2)36(43)41(8)22-23-44-9;1-4-7-9(6-3)8-5-2;1-2;/h10-21,25,38H,22-23H2,1-9H3,(H,39,40);4-8H2,1-3H3;1-2H3;/b33-10-;;;. The van der Waals surface area contributed by atoms with Gasteiger partial charge in [0.25, 0.3) is 0 Å². The second-order valence-electron chi connectivity index (χ2n) is 14.6. The molecule has 2 N–H and O–H groups in total. The summed E-state index contributed by atoms with van der Waals surface area (Å²) in [5.41, 5.74) is 7.86. The van der Waals surface area contributed by atoms with E-state index in [0.29, 0.717) is 24.5 Å². The van der Waals surface area contributed by atoms with E-state index in [2.05, 4.69) is 94.3 Å². The molecule has 0 aliphatic heterocycles. The number of allylic oxidation sites excluding steroid dienone is 1. The summed E-state index contributed by atoms with van der Waals surface area (Å²) in [4.78, 5) is 34.4. The van der Waals surface area contributed by atoms with E-state index < -0.39 is 0 Å². The fraction of sp³-hybridized carbons (Fsp3) is 0.489. The molecule has 0 saturated heterocycles. The number of methoxy groups -OCH3 is 1. The molecule has 1 unspecified atom stereocenters. The predicted molar refractivity (Wildman–Crippen MR) is 238 cm³/mol. The number of ether oxygens (including phenoxy) is 1. The van der Waals surface area contributed by atoms with Gasteiger partial charge < -0.3 is 14.5 Å². The van der Waals surface area contributed by atoms with Gasteiger partial charge in [-0.25, -0.2) is 0 Å². The van der Waals surface area contributed by atoms with E-state index in [1.165, 1.54) is 64.3 Å². The van der Waals surface area contributed by atoms with Gasteiger partial charge in [-0.1, -0.05) is 34.6 Å². The molecule has 0 aromatic heterocycles. The molecule has 0 radical (unpaired) electrons.